The van der Waals surface area contributed by atoms with Gasteiger partial charge in [-0.2, -0.15) is 0 Å². The minimum Gasteiger partial charge on any atom is -0.366 e. The van der Waals surface area contributed by atoms with Crippen LogP contribution in [0, 0.1) is 5.82 Å². The highest BCUT2D eigenvalue weighted by molar-refractivity contribution is 14.0. The maximum absolute atomic E-state index is 14.1. The molecule has 3 rings (SSSR count). The van der Waals surface area contributed by atoms with Gasteiger partial charge in [0.1, 0.15) is 5.82 Å². The summed E-state index contributed by atoms with van der Waals surface area (Å²) >= 11 is 0. The van der Waals surface area contributed by atoms with Gasteiger partial charge in [-0.25, -0.2) is 4.39 Å². The molecule has 1 heterocycles. The number of rotatable bonds is 7. The molecule has 0 bridgehead atoms. The number of benzene rings is 2. The van der Waals surface area contributed by atoms with E-state index in [-0.39, 0.29) is 35.7 Å². The van der Waals surface area contributed by atoms with Gasteiger partial charge in [0.15, 0.2) is 5.96 Å². The van der Waals surface area contributed by atoms with Crippen molar-refractivity contribution in [3.63, 3.8) is 0 Å². The standard InChI is InChI=1S/C24H33FN6O.HI/c1-26-24(31-15-13-30(14-16-31)22-10-5-4-9-21(22)25)28-18-19-7-6-8-20(17-19)23(32)27-11-12-29(2)3;/h4-10,17H,11-16,18H2,1-3H3,(H,26,28)(H,27,32);1H. The number of carbonyl (C=O) groups excluding carboxylic acids is 1. The first-order chi connectivity index (χ1) is 15.5. The van der Waals surface area contributed by atoms with E-state index < -0.39 is 0 Å². The van der Waals surface area contributed by atoms with Crippen LogP contribution in [0.5, 0.6) is 0 Å². The number of anilines is 1. The molecule has 0 aliphatic carbocycles. The van der Waals surface area contributed by atoms with Crippen molar-refractivity contribution in [2.24, 2.45) is 4.99 Å². The number of aliphatic imine (C=N–C) groups is 1. The van der Waals surface area contributed by atoms with Gasteiger partial charge in [-0.3, -0.25) is 9.79 Å². The first kappa shape index (κ1) is 26.8. The molecule has 1 amide bonds. The fourth-order valence-corrected chi connectivity index (χ4v) is 3.70. The Labute approximate surface area is 213 Å². The van der Waals surface area contributed by atoms with Crippen molar-refractivity contribution in [3.05, 3.63) is 65.5 Å². The smallest absolute Gasteiger partial charge is 0.251 e. The van der Waals surface area contributed by atoms with E-state index >= 15 is 0 Å². The van der Waals surface area contributed by atoms with Crippen molar-refractivity contribution in [3.8, 4) is 0 Å². The predicted octanol–water partition coefficient (Wildman–Crippen LogP) is 2.63. The Morgan fingerprint density at radius 3 is 2.45 bits per heavy atom. The molecule has 1 aliphatic heterocycles. The number of likely N-dealkylation sites (N-methyl/N-ethyl adjacent to an activating group) is 1. The van der Waals surface area contributed by atoms with Crippen LogP contribution in [-0.4, -0.2) is 82.1 Å². The summed E-state index contributed by atoms with van der Waals surface area (Å²) < 4.78 is 14.1. The average Bonchev–Trinajstić information content (AvgIpc) is 2.80. The quantitative estimate of drug-likeness (QED) is 0.306. The SMILES string of the molecule is CN=C(NCc1cccc(C(=O)NCCN(C)C)c1)N1CCN(c2ccccc2F)CC1.I. The predicted molar refractivity (Wildman–Crippen MR) is 143 cm³/mol. The minimum absolute atomic E-state index is 0. The summed E-state index contributed by atoms with van der Waals surface area (Å²) in [6, 6.07) is 14.5. The molecule has 0 aromatic heterocycles. The molecular weight excluding hydrogens is 534 g/mol. The van der Waals surface area contributed by atoms with Gasteiger partial charge < -0.3 is 25.3 Å². The number of halogens is 2. The second-order valence-corrected chi connectivity index (χ2v) is 8.09. The lowest BCUT2D eigenvalue weighted by Gasteiger charge is -2.37. The maximum Gasteiger partial charge on any atom is 0.251 e. The zero-order valence-corrected chi connectivity index (χ0v) is 21.9. The Morgan fingerprint density at radius 2 is 1.79 bits per heavy atom. The van der Waals surface area contributed by atoms with E-state index in [1.807, 2.05) is 55.4 Å². The molecular formula is C24H34FIN6O. The maximum atomic E-state index is 14.1. The number of guanidine groups is 1. The van der Waals surface area contributed by atoms with Gasteiger partial charge in [0.2, 0.25) is 0 Å². The molecule has 2 aromatic rings. The molecule has 0 spiro atoms. The van der Waals surface area contributed by atoms with Crippen molar-refractivity contribution in [2.45, 2.75) is 6.54 Å². The van der Waals surface area contributed by atoms with Gasteiger partial charge in [-0.1, -0.05) is 24.3 Å². The van der Waals surface area contributed by atoms with Crippen molar-refractivity contribution in [2.75, 3.05) is 65.3 Å². The third-order valence-electron chi connectivity index (χ3n) is 5.47. The van der Waals surface area contributed by atoms with E-state index in [2.05, 4.69) is 25.4 Å². The number of carbonyl (C=O) groups is 1. The zero-order chi connectivity index (χ0) is 22.9. The zero-order valence-electron chi connectivity index (χ0n) is 19.6. The van der Waals surface area contributed by atoms with E-state index in [1.54, 1.807) is 13.1 Å². The number of hydrogen-bond donors (Lipinski definition) is 2. The molecule has 33 heavy (non-hydrogen) atoms. The molecule has 1 aliphatic rings. The summed E-state index contributed by atoms with van der Waals surface area (Å²) in [5, 5.41) is 6.33. The summed E-state index contributed by atoms with van der Waals surface area (Å²) in [7, 11) is 5.72. The summed E-state index contributed by atoms with van der Waals surface area (Å²) in [5.74, 6) is 0.551. The average molecular weight is 568 g/mol. The Morgan fingerprint density at radius 1 is 1.06 bits per heavy atom. The minimum atomic E-state index is -0.186. The van der Waals surface area contributed by atoms with Gasteiger partial charge >= 0.3 is 0 Å². The van der Waals surface area contributed by atoms with Crippen molar-refractivity contribution < 1.29 is 9.18 Å². The van der Waals surface area contributed by atoms with Gasteiger partial charge in [0, 0.05) is 58.4 Å². The van der Waals surface area contributed by atoms with Crippen LogP contribution in [0.4, 0.5) is 10.1 Å². The highest BCUT2D eigenvalue weighted by atomic mass is 127. The van der Waals surface area contributed by atoms with Crippen LogP contribution in [0.25, 0.3) is 0 Å². The third-order valence-corrected chi connectivity index (χ3v) is 5.47. The van der Waals surface area contributed by atoms with Crippen LogP contribution in [0.1, 0.15) is 15.9 Å². The van der Waals surface area contributed by atoms with Crippen molar-refractivity contribution >= 4 is 41.5 Å². The number of nitrogens with zero attached hydrogens (tertiary/aromatic N) is 4. The highest BCUT2D eigenvalue weighted by Gasteiger charge is 2.21. The normalized spacial score (nSPS) is 14.2. The summed E-state index contributed by atoms with van der Waals surface area (Å²) in [5.41, 5.74) is 2.31. The first-order valence-electron chi connectivity index (χ1n) is 10.9. The molecule has 2 aromatic carbocycles. The van der Waals surface area contributed by atoms with Crippen LogP contribution in [0.2, 0.25) is 0 Å². The van der Waals surface area contributed by atoms with Crippen molar-refractivity contribution in [1.29, 1.82) is 0 Å². The van der Waals surface area contributed by atoms with Gasteiger partial charge in [0.05, 0.1) is 5.69 Å². The van der Waals surface area contributed by atoms with E-state index in [1.165, 1.54) is 6.07 Å². The lowest BCUT2D eigenvalue weighted by atomic mass is 10.1. The molecule has 1 saturated heterocycles. The Bertz CT molecular complexity index is 931. The molecule has 0 saturated carbocycles. The summed E-state index contributed by atoms with van der Waals surface area (Å²) in [6.07, 6.45) is 0. The van der Waals surface area contributed by atoms with Gasteiger partial charge in [0.25, 0.3) is 5.91 Å². The van der Waals surface area contributed by atoms with Crippen LogP contribution in [0.3, 0.4) is 0 Å². The molecule has 0 atom stereocenters. The second-order valence-electron chi connectivity index (χ2n) is 8.09. The number of para-hydroxylation sites is 1. The molecule has 0 unspecified atom stereocenters. The van der Waals surface area contributed by atoms with E-state index in [9.17, 15) is 9.18 Å². The van der Waals surface area contributed by atoms with Gasteiger partial charge in [-0.05, 0) is 43.9 Å². The van der Waals surface area contributed by atoms with E-state index in [4.69, 9.17) is 0 Å². The van der Waals surface area contributed by atoms with Crippen LogP contribution in [-0.2, 0) is 6.54 Å². The number of hydrogen-bond acceptors (Lipinski definition) is 4. The Kier molecular flexibility index (Phi) is 10.9. The van der Waals surface area contributed by atoms with E-state index in [0.29, 0.717) is 24.3 Å². The van der Waals surface area contributed by atoms with Crippen LogP contribution < -0.4 is 15.5 Å². The second kappa shape index (κ2) is 13.3. The highest BCUT2D eigenvalue weighted by Crippen LogP contribution is 2.20. The number of nitrogens with one attached hydrogen (secondary N) is 2. The van der Waals surface area contributed by atoms with Crippen LogP contribution >= 0.6 is 24.0 Å². The summed E-state index contributed by atoms with van der Waals surface area (Å²) in [6.45, 7) is 4.94. The number of amides is 1. The Hall–Kier alpha value is -2.40. The molecule has 7 nitrogen and oxygen atoms in total. The lowest BCUT2D eigenvalue weighted by Crippen LogP contribution is -2.52. The molecule has 180 valence electrons. The van der Waals surface area contributed by atoms with Gasteiger partial charge in [-0.15, -0.1) is 24.0 Å². The Balaban J connectivity index is 0.00000385. The largest absolute Gasteiger partial charge is 0.366 e. The molecule has 2 N–H and O–H groups in total. The number of piperazine rings is 1. The molecule has 0 radical (unpaired) electrons. The lowest BCUT2D eigenvalue weighted by molar-refractivity contribution is 0.0951. The summed E-state index contributed by atoms with van der Waals surface area (Å²) in [4.78, 5) is 23.1. The third kappa shape index (κ3) is 7.85. The first-order valence-corrected chi connectivity index (χ1v) is 10.9. The topological polar surface area (TPSA) is 63.2 Å². The fourth-order valence-electron chi connectivity index (χ4n) is 3.70. The molecule has 9 heteroatoms. The van der Waals surface area contributed by atoms with Crippen LogP contribution in [0.15, 0.2) is 53.5 Å². The van der Waals surface area contributed by atoms with E-state index in [0.717, 1.165) is 44.2 Å². The fraction of sp³-hybridized carbons (Fsp3) is 0.417. The molecule has 1 fully saturated rings. The van der Waals surface area contributed by atoms with Crippen molar-refractivity contribution in [1.82, 2.24) is 20.4 Å². The monoisotopic (exact) mass is 568 g/mol.